The standard InChI is InChI=1S/C30H29ClN2O4/c1-3-32(4-2)16-17-33-27(21-10-13-23(14-11-21)36-19-20-8-6-5-7-9-20)26-28(34)24-18-22(31)12-15-25(24)37-29(26)30(33)35/h5-15,18,27H,3-4,16-17,19H2,1-2H3. The van der Waals surface area contributed by atoms with Crippen molar-refractivity contribution in [2.45, 2.75) is 26.5 Å². The second-order valence-corrected chi connectivity index (χ2v) is 9.52. The van der Waals surface area contributed by atoms with E-state index in [1.165, 1.54) is 0 Å². The quantitative estimate of drug-likeness (QED) is 0.276. The van der Waals surface area contributed by atoms with E-state index in [9.17, 15) is 9.59 Å². The number of carbonyl (C=O) groups is 1. The van der Waals surface area contributed by atoms with E-state index >= 15 is 0 Å². The Balaban J connectivity index is 1.51. The number of fused-ring (bicyclic) bond motifs is 2. The molecule has 4 aromatic rings. The molecule has 190 valence electrons. The monoisotopic (exact) mass is 516 g/mol. The normalized spacial score (nSPS) is 15.0. The molecule has 0 radical (unpaired) electrons. The molecule has 3 aromatic carbocycles. The second kappa shape index (κ2) is 10.8. The summed E-state index contributed by atoms with van der Waals surface area (Å²) in [4.78, 5) is 31.3. The number of hydrogen-bond donors (Lipinski definition) is 0. The number of benzene rings is 3. The highest BCUT2D eigenvalue weighted by atomic mass is 35.5. The summed E-state index contributed by atoms with van der Waals surface area (Å²) in [6.07, 6.45) is 0. The molecule has 0 fully saturated rings. The van der Waals surface area contributed by atoms with Crippen molar-refractivity contribution in [1.82, 2.24) is 9.80 Å². The van der Waals surface area contributed by atoms with Crippen molar-refractivity contribution < 1.29 is 13.9 Å². The van der Waals surface area contributed by atoms with E-state index in [2.05, 4.69) is 18.7 Å². The smallest absolute Gasteiger partial charge is 0.290 e. The Hall–Kier alpha value is -3.61. The molecule has 1 atom stereocenters. The van der Waals surface area contributed by atoms with Gasteiger partial charge in [-0.3, -0.25) is 9.59 Å². The first kappa shape index (κ1) is 25.1. The van der Waals surface area contributed by atoms with Crippen LogP contribution in [0.2, 0.25) is 5.02 Å². The van der Waals surface area contributed by atoms with Gasteiger partial charge in [0.25, 0.3) is 5.91 Å². The molecule has 1 unspecified atom stereocenters. The highest BCUT2D eigenvalue weighted by molar-refractivity contribution is 6.31. The second-order valence-electron chi connectivity index (χ2n) is 9.09. The minimum absolute atomic E-state index is 0.105. The molecule has 6 nitrogen and oxygen atoms in total. The van der Waals surface area contributed by atoms with Gasteiger partial charge in [-0.05, 0) is 54.5 Å². The van der Waals surface area contributed by atoms with Crippen molar-refractivity contribution in [3.8, 4) is 5.75 Å². The minimum Gasteiger partial charge on any atom is -0.489 e. The Morgan fingerprint density at radius 1 is 0.973 bits per heavy atom. The van der Waals surface area contributed by atoms with E-state index in [-0.39, 0.29) is 17.1 Å². The number of rotatable bonds is 9. The van der Waals surface area contributed by atoms with Crippen molar-refractivity contribution in [2.24, 2.45) is 0 Å². The Bertz CT molecular complexity index is 1460. The van der Waals surface area contributed by atoms with Crippen LogP contribution < -0.4 is 10.2 Å². The number of halogens is 1. The maximum atomic E-state index is 13.7. The number of amides is 1. The summed E-state index contributed by atoms with van der Waals surface area (Å²) in [5.74, 6) is 0.545. The molecule has 1 amide bonds. The minimum atomic E-state index is -0.555. The zero-order valence-electron chi connectivity index (χ0n) is 20.9. The summed E-state index contributed by atoms with van der Waals surface area (Å²) in [5, 5.41) is 0.816. The maximum Gasteiger partial charge on any atom is 0.290 e. The van der Waals surface area contributed by atoms with Crippen LogP contribution in [0.4, 0.5) is 0 Å². The van der Waals surface area contributed by atoms with Gasteiger partial charge >= 0.3 is 0 Å². The van der Waals surface area contributed by atoms with Crippen molar-refractivity contribution >= 4 is 28.5 Å². The van der Waals surface area contributed by atoms with E-state index < -0.39 is 6.04 Å². The van der Waals surface area contributed by atoms with Gasteiger partial charge in [0.2, 0.25) is 5.76 Å². The van der Waals surface area contributed by atoms with Gasteiger partial charge in [0.05, 0.1) is 17.0 Å². The number of hydrogen-bond acceptors (Lipinski definition) is 5. The summed E-state index contributed by atoms with van der Waals surface area (Å²) in [5.41, 5.74) is 2.39. The molecule has 2 heterocycles. The predicted molar refractivity (Wildman–Crippen MR) is 145 cm³/mol. The van der Waals surface area contributed by atoms with E-state index in [0.717, 1.165) is 24.2 Å². The van der Waals surface area contributed by atoms with Crippen LogP contribution >= 0.6 is 11.6 Å². The highest BCUT2D eigenvalue weighted by Crippen LogP contribution is 2.38. The number of nitrogens with zero attached hydrogens (tertiary/aromatic N) is 2. The van der Waals surface area contributed by atoms with Gasteiger partial charge < -0.3 is 19.0 Å². The Morgan fingerprint density at radius 3 is 2.41 bits per heavy atom. The topological polar surface area (TPSA) is 63.0 Å². The molecule has 5 rings (SSSR count). The summed E-state index contributed by atoms with van der Waals surface area (Å²) in [6.45, 7) is 7.57. The molecule has 7 heteroatoms. The molecule has 0 N–H and O–H groups in total. The first-order chi connectivity index (χ1) is 18.0. The van der Waals surface area contributed by atoms with E-state index in [0.29, 0.717) is 47.0 Å². The average molecular weight is 517 g/mol. The number of carbonyl (C=O) groups excluding carboxylic acids is 1. The van der Waals surface area contributed by atoms with Gasteiger partial charge in [-0.25, -0.2) is 0 Å². The Morgan fingerprint density at radius 2 is 1.70 bits per heavy atom. The molecule has 0 bridgehead atoms. The largest absolute Gasteiger partial charge is 0.489 e. The lowest BCUT2D eigenvalue weighted by Crippen LogP contribution is -2.37. The van der Waals surface area contributed by atoms with E-state index in [1.807, 2.05) is 54.6 Å². The molecule has 1 aliphatic rings. The molecule has 0 spiro atoms. The van der Waals surface area contributed by atoms with Crippen LogP contribution in [0.15, 0.2) is 82.0 Å². The van der Waals surface area contributed by atoms with E-state index in [4.69, 9.17) is 20.8 Å². The first-order valence-electron chi connectivity index (χ1n) is 12.6. The van der Waals surface area contributed by atoms with Gasteiger partial charge in [-0.1, -0.05) is 67.9 Å². The lowest BCUT2D eigenvalue weighted by Gasteiger charge is -2.28. The van der Waals surface area contributed by atoms with Crippen LogP contribution in [0.5, 0.6) is 5.75 Å². The van der Waals surface area contributed by atoms with Crippen LogP contribution in [-0.2, 0) is 6.61 Å². The maximum absolute atomic E-state index is 13.7. The molecular weight excluding hydrogens is 488 g/mol. The highest BCUT2D eigenvalue weighted by Gasteiger charge is 2.42. The summed E-state index contributed by atoms with van der Waals surface area (Å²) < 4.78 is 12.0. The van der Waals surface area contributed by atoms with Crippen LogP contribution in [0, 0.1) is 0 Å². The van der Waals surface area contributed by atoms with Crippen LogP contribution in [0.3, 0.4) is 0 Å². The molecule has 0 aliphatic carbocycles. The summed E-state index contributed by atoms with van der Waals surface area (Å²) in [6, 6.07) is 21.9. The van der Waals surface area contributed by atoms with Crippen molar-refractivity contribution in [3.05, 3.63) is 110 Å². The lowest BCUT2D eigenvalue weighted by molar-refractivity contribution is 0.0708. The molecule has 0 saturated heterocycles. The van der Waals surface area contributed by atoms with Crippen LogP contribution in [0.1, 0.15) is 47.1 Å². The fraction of sp³-hybridized carbons (Fsp3) is 0.267. The molecule has 1 aliphatic heterocycles. The zero-order valence-corrected chi connectivity index (χ0v) is 21.7. The van der Waals surface area contributed by atoms with E-state index in [1.54, 1.807) is 23.1 Å². The zero-order chi connectivity index (χ0) is 25.9. The van der Waals surface area contributed by atoms with Crippen molar-refractivity contribution in [3.63, 3.8) is 0 Å². The van der Waals surface area contributed by atoms with Crippen molar-refractivity contribution in [2.75, 3.05) is 26.2 Å². The first-order valence-corrected chi connectivity index (χ1v) is 12.9. The number of ether oxygens (including phenoxy) is 1. The third-order valence-electron chi connectivity index (χ3n) is 6.92. The fourth-order valence-electron chi connectivity index (χ4n) is 4.85. The van der Waals surface area contributed by atoms with Gasteiger partial charge in [0.15, 0.2) is 5.43 Å². The summed E-state index contributed by atoms with van der Waals surface area (Å²) >= 11 is 6.18. The van der Waals surface area contributed by atoms with Gasteiger partial charge in [-0.15, -0.1) is 0 Å². The number of likely N-dealkylation sites (N-methyl/N-ethyl adjacent to an activating group) is 1. The molecule has 0 saturated carbocycles. The van der Waals surface area contributed by atoms with Gasteiger partial charge in [0, 0.05) is 18.1 Å². The third kappa shape index (κ3) is 4.99. The summed E-state index contributed by atoms with van der Waals surface area (Å²) in [7, 11) is 0. The average Bonchev–Trinajstić information content (AvgIpc) is 3.21. The SMILES string of the molecule is CCN(CC)CCN1C(=O)c2oc3ccc(Cl)cc3c(=O)c2C1c1ccc(OCc2ccccc2)cc1. The van der Waals surface area contributed by atoms with Gasteiger partial charge in [-0.2, -0.15) is 0 Å². The molecule has 37 heavy (non-hydrogen) atoms. The fourth-order valence-corrected chi connectivity index (χ4v) is 5.02. The Kier molecular flexibility index (Phi) is 7.31. The molecular formula is C30H29ClN2O4. The Labute approximate surface area is 221 Å². The predicted octanol–water partition coefficient (Wildman–Crippen LogP) is 5.91. The van der Waals surface area contributed by atoms with Crippen LogP contribution in [-0.4, -0.2) is 41.9 Å². The van der Waals surface area contributed by atoms with Crippen LogP contribution in [0.25, 0.3) is 11.0 Å². The lowest BCUT2D eigenvalue weighted by atomic mass is 9.98. The van der Waals surface area contributed by atoms with Crippen molar-refractivity contribution in [1.29, 1.82) is 0 Å². The van der Waals surface area contributed by atoms with Gasteiger partial charge in [0.1, 0.15) is 17.9 Å². The molecule has 1 aromatic heterocycles. The third-order valence-corrected chi connectivity index (χ3v) is 7.16.